The molecule has 2 atom stereocenters. The molecule has 134 valence electrons. The molecule has 1 heterocycles. The van der Waals surface area contributed by atoms with Gasteiger partial charge in [0.2, 0.25) is 0 Å². The minimum Gasteiger partial charge on any atom is -0.337 e. The Bertz CT molecular complexity index is 709. The number of hydrogen-bond acceptors (Lipinski definition) is 3. The zero-order chi connectivity index (χ0) is 17.9. The number of sulfone groups is 1. The summed E-state index contributed by atoms with van der Waals surface area (Å²) in [6.07, 6.45) is 1.84. The van der Waals surface area contributed by atoms with Gasteiger partial charge in [0.1, 0.15) is 21.5 Å². The van der Waals surface area contributed by atoms with Crippen LogP contribution in [0.3, 0.4) is 0 Å². The van der Waals surface area contributed by atoms with Gasteiger partial charge in [0.15, 0.2) is 0 Å². The first-order valence-electron chi connectivity index (χ1n) is 7.81. The Morgan fingerprint density at radius 3 is 2.75 bits per heavy atom. The Hall–Kier alpha value is -1.70. The van der Waals surface area contributed by atoms with Gasteiger partial charge in [0.25, 0.3) is 0 Å². The first kappa shape index (κ1) is 18.6. The molecule has 0 aliphatic carbocycles. The fourth-order valence-electron chi connectivity index (χ4n) is 2.94. The van der Waals surface area contributed by atoms with E-state index in [1.807, 2.05) is 0 Å². The lowest BCUT2D eigenvalue weighted by atomic mass is 10.0. The summed E-state index contributed by atoms with van der Waals surface area (Å²) >= 11 is 0. The van der Waals surface area contributed by atoms with E-state index in [-0.39, 0.29) is 30.2 Å². The van der Waals surface area contributed by atoms with Crippen LogP contribution in [-0.2, 0) is 9.84 Å². The lowest BCUT2D eigenvalue weighted by Crippen LogP contribution is -2.40. The fourth-order valence-corrected chi connectivity index (χ4v) is 4.07. The van der Waals surface area contributed by atoms with Crippen molar-refractivity contribution >= 4 is 15.9 Å². The van der Waals surface area contributed by atoms with Crippen LogP contribution in [0, 0.1) is 17.6 Å². The number of carbonyl (C=O) groups is 1. The summed E-state index contributed by atoms with van der Waals surface area (Å²) < 4.78 is 49.3. The zero-order valence-electron chi connectivity index (χ0n) is 13.8. The Morgan fingerprint density at radius 1 is 1.42 bits per heavy atom. The first-order chi connectivity index (χ1) is 11.2. The molecule has 24 heavy (non-hydrogen) atoms. The highest BCUT2D eigenvalue weighted by Crippen LogP contribution is 2.20. The third-order valence-corrected chi connectivity index (χ3v) is 5.24. The van der Waals surface area contributed by atoms with Crippen LogP contribution in [0.4, 0.5) is 13.6 Å². The first-order valence-corrected chi connectivity index (χ1v) is 9.87. The average molecular weight is 360 g/mol. The minimum absolute atomic E-state index is 0.0438. The van der Waals surface area contributed by atoms with Gasteiger partial charge in [-0.1, -0.05) is 13.0 Å². The molecule has 0 spiro atoms. The van der Waals surface area contributed by atoms with Gasteiger partial charge < -0.3 is 10.2 Å². The van der Waals surface area contributed by atoms with E-state index in [1.54, 1.807) is 11.8 Å². The molecule has 2 unspecified atom stereocenters. The summed E-state index contributed by atoms with van der Waals surface area (Å²) in [6, 6.07) is 3.09. The Labute approximate surface area is 141 Å². The molecule has 0 bridgehead atoms. The molecule has 1 saturated heterocycles. The van der Waals surface area contributed by atoms with E-state index in [0.717, 1.165) is 6.07 Å². The van der Waals surface area contributed by atoms with E-state index in [0.29, 0.717) is 25.1 Å². The smallest absolute Gasteiger partial charge is 0.317 e. The van der Waals surface area contributed by atoms with Crippen molar-refractivity contribution in [2.75, 3.05) is 31.6 Å². The highest BCUT2D eigenvalue weighted by Gasteiger charge is 2.28. The molecule has 5 nitrogen and oxygen atoms in total. The van der Waals surface area contributed by atoms with Crippen LogP contribution in [0.1, 0.15) is 24.8 Å². The number of hydrogen-bond donors (Lipinski definition) is 1. The predicted molar refractivity (Wildman–Crippen MR) is 87.6 cm³/mol. The van der Waals surface area contributed by atoms with Crippen LogP contribution in [0.15, 0.2) is 18.2 Å². The molecule has 2 amide bonds. The van der Waals surface area contributed by atoms with Crippen molar-refractivity contribution < 1.29 is 22.0 Å². The van der Waals surface area contributed by atoms with E-state index in [4.69, 9.17) is 0 Å². The number of nitrogens with one attached hydrogen (secondary N) is 1. The average Bonchev–Trinajstić information content (AvgIpc) is 2.90. The molecule has 1 aromatic carbocycles. The molecule has 1 aliphatic rings. The van der Waals surface area contributed by atoms with Crippen LogP contribution >= 0.6 is 0 Å². The second-order valence-corrected chi connectivity index (χ2v) is 8.63. The normalized spacial score (nSPS) is 19.3. The van der Waals surface area contributed by atoms with Crippen molar-refractivity contribution in [2.45, 2.75) is 19.3 Å². The standard InChI is InChI=1S/C16H22F2N2O3S/c1-11(14-4-3-13(17)7-15(14)18)8-19-16(21)20-6-5-12(9-20)10-24(2,22)23/h3-4,7,11-12H,5-6,8-10H2,1-2H3,(H,19,21). The fraction of sp³-hybridized carbons (Fsp3) is 0.562. The Kier molecular flexibility index (Phi) is 5.79. The third-order valence-electron chi connectivity index (χ3n) is 4.16. The van der Waals surface area contributed by atoms with Gasteiger partial charge in [-0.05, 0) is 24.0 Å². The van der Waals surface area contributed by atoms with Gasteiger partial charge >= 0.3 is 6.03 Å². The number of carbonyl (C=O) groups excluding carboxylic acids is 1. The SMILES string of the molecule is CC(CNC(=O)N1CCC(CS(C)(=O)=O)C1)c1ccc(F)cc1F. The minimum atomic E-state index is -3.06. The second-order valence-electron chi connectivity index (χ2n) is 6.45. The third kappa shape index (κ3) is 5.15. The number of benzene rings is 1. The van der Waals surface area contributed by atoms with Gasteiger partial charge in [-0.2, -0.15) is 0 Å². The van der Waals surface area contributed by atoms with Crippen molar-refractivity contribution in [1.29, 1.82) is 0 Å². The number of rotatable bonds is 5. The molecule has 1 aromatic rings. The van der Waals surface area contributed by atoms with Crippen LogP contribution in [0.25, 0.3) is 0 Å². The Morgan fingerprint density at radius 2 is 2.12 bits per heavy atom. The summed E-state index contributed by atoms with van der Waals surface area (Å²) in [5.74, 6) is -1.54. The molecule has 8 heteroatoms. The topological polar surface area (TPSA) is 66.5 Å². The zero-order valence-corrected chi connectivity index (χ0v) is 14.6. The maximum Gasteiger partial charge on any atom is 0.317 e. The Balaban J connectivity index is 1.85. The molecule has 0 aromatic heterocycles. The number of likely N-dealkylation sites (tertiary alicyclic amines) is 1. The lowest BCUT2D eigenvalue weighted by molar-refractivity contribution is 0.207. The lowest BCUT2D eigenvalue weighted by Gasteiger charge is -2.20. The van der Waals surface area contributed by atoms with Crippen molar-refractivity contribution in [2.24, 2.45) is 5.92 Å². The van der Waals surface area contributed by atoms with Crippen LogP contribution in [0.5, 0.6) is 0 Å². The molecular weight excluding hydrogens is 338 g/mol. The summed E-state index contributed by atoms with van der Waals surface area (Å²) in [5, 5.41) is 2.73. The highest BCUT2D eigenvalue weighted by atomic mass is 32.2. The van der Waals surface area contributed by atoms with E-state index < -0.39 is 21.5 Å². The van der Waals surface area contributed by atoms with Crippen molar-refractivity contribution in [3.8, 4) is 0 Å². The van der Waals surface area contributed by atoms with Crippen LogP contribution in [0.2, 0.25) is 0 Å². The number of urea groups is 1. The van der Waals surface area contributed by atoms with Gasteiger partial charge in [-0.3, -0.25) is 0 Å². The van der Waals surface area contributed by atoms with Crippen LogP contribution in [-0.4, -0.2) is 51.0 Å². The molecule has 2 rings (SSSR count). The second kappa shape index (κ2) is 7.46. The van der Waals surface area contributed by atoms with Crippen molar-refractivity contribution in [3.05, 3.63) is 35.4 Å². The van der Waals surface area contributed by atoms with Crippen molar-refractivity contribution in [3.63, 3.8) is 0 Å². The summed E-state index contributed by atoms with van der Waals surface area (Å²) in [6.45, 7) is 2.87. The number of amides is 2. The number of nitrogens with zero attached hydrogens (tertiary/aromatic N) is 1. The van der Waals surface area contributed by atoms with E-state index in [2.05, 4.69) is 5.32 Å². The monoisotopic (exact) mass is 360 g/mol. The molecule has 0 saturated carbocycles. The highest BCUT2D eigenvalue weighted by molar-refractivity contribution is 7.90. The summed E-state index contributed by atoms with van der Waals surface area (Å²) in [7, 11) is -3.06. The molecule has 1 aliphatic heterocycles. The van der Waals surface area contributed by atoms with Crippen molar-refractivity contribution in [1.82, 2.24) is 10.2 Å². The predicted octanol–water partition coefficient (Wildman–Crippen LogP) is 2.14. The molecular formula is C16H22F2N2O3S. The summed E-state index contributed by atoms with van der Waals surface area (Å²) in [4.78, 5) is 13.7. The summed E-state index contributed by atoms with van der Waals surface area (Å²) in [5.41, 5.74) is 0.341. The quantitative estimate of drug-likeness (QED) is 0.875. The molecule has 0 radical (unpaired) electrons. The number of halogens is 2. The van der Waals surface area contributed by atoms with Gasteiger partial charge in [0.05, 0.1) is 5.75 Å². The molecule has 1 fully saturated rings. The van der Waals surface area contributed by atoms with E-state index in [9.17, 15) is 22.0 Å². The van der Waals surface area contributed by atoms with Gasteiger partial charge in [0, 0.05) is 37.9 Å². The van der Waals surface area contributed by atoms with Crippen LogP contribution < -0.4 is 5.32 Å². The van der Waals surface area contributed by atoms with E-state index >= 15 is 0 Å². The van der Waals surface area contributed by atoms with Gasteiger partial charge in [-0.25, -0.2) is 22.0 Å². The largest absolute Gasteiger partial charge is 0.337 e. The van der Waals surface area contributed by atoms with E-state index in [1.165, 1.54) is 18.4 Å². The molecule has 1 N–H and O–H groups in total. The van der Waals surface area contributed by atoms with Gasteiger partial charge in [-0.15, -0.1) is 0 Å². The maximum atomic E-state index is 13.7. The maximum absolute atomic E-state index is 13.7.